The fourth-order valence-electron chi connectivity index (χ4n) is 2.28. The zero-order valence-electron chi connectivity index (χ0n) is 10.5. The maximum absolute atomic E-state index is 5.67. The Balaban J connectivity index is 2.05. The maximum atomic E-state index is 5.67. The van der Waals surface area contributed by atoms with E-state index >= 15 is 0 Å². The van der Waals surface area contributed by atoms with Crippen LogP contribution in [0, 0.1) is 6.42 Å². The Morgan fingerprint density at radius 2 is 2.06 bits per heavy atom. The van der Waals surface area contributed by atoms with E-state index in [2.05, 4.69) is 29.5 Å². The van der Waals surface area contributed by atoms with Crippen LogP contribution >= 0.6 is 0 Å². The van der Waals surface area contributed by atoms with Gasteiger partial charge in [-0.3, -0.25) is 4.90 Å². The molecule has 1 aliphatic rings. The lowest BCUT2D eigenvalue weighted by molar-refractivity contribution is 0.245. The van der Waals surface area contributed by atoms with Crippen molar-refractivity contribution in [1.82, 2.24) is 4.90 Å². The summed E-state index contributed by atoms with van der Waals surface area (Å²) in [6.45, 7) is 3.87. The summed E-state index contributed by atoms with van der Waals surface area (Å²) in [5.41, 5.74) is 8.04. The van der Waals surface area contributed by atoms with Crippen molar-refractivity contribution in [2.24, 2.45) is 5.73 Å². The predicted octanol–water partition coefficient (Wildman–Crippen LogP) is 1.95. The largest absolute Gasteiger partial charge is 0.496 e. The van der Waals surface area contributed by atoms with Gasteiger partial charge >= 0.3 is 0 Å². The molecule has 2 rings (SSSR count). The Kier molecular flexibility index (Phi) is 4.40. The zero-order valence-corrected chi connectivity index (χ0v) is 10.5. The first-order chi connectivity index (χ1) is 8.33. The molecule has 0 atom stereocenters. The van der Waals surface area contributed by atoms with Gasteiger partial charge in [0.15, 0.2) is 0 Å². The lowest BCUT2D eigenvalue weighted by Crippen LogP contribution is -2.29. The summed E-state index contributed by atoms with van der Waals surface area (Å²) in [6.07, 6.45) is 4.78. The standard InChI is InChI=1S/C14H21N2O/c1-17-14-9-12(5-6-13(14)10-15)11-16-7-3-2-4-8-16/h2,5-6,9H,3-4,7-8,10-11,15H2,1H3. The average molecular weight is 233 g/mol. The van der Waals surface area contributed by atoms with Gasteiger partial charge in [0.05, 0.1) is 7.11 Å². The Hall–Kier alpha value is -1.06. The smallest absolute Gasteiger partial charge is 0.123 e. The van der Waals surface area contributed by atoms with Crippen molar-refractivity contribution in [3.05, 3.63) is 35.7 Å². The monoisotopic (exact) mass is 233 g/mol. The van der Waals surface area contributed by atoms with Gasteiger partial charge in [-0.15, -0.1) is 0 Å². The highest BCUT2D eigenvalue weighted by molar-refractivity contribution is 5.37. The molecular weight excluding hydrogens is 212 g/mol. The topological polar surface area (TPSA) is 38.5 Å². The van der Waals surface area contributed by atoms with E-state index in [1.54, 1.807) is 7.11 Å². The van der Waals surface area contributed by atoms with Crippen molar-refractivity contribution in [2.75, 3.05) is 20.2 Å². The third-order valence-electron chi connectivity index (χ3n) is 3.28. The summed E-state index contributed by atoms with van der Waals surface area (Å²) < 4.78 is 5.36. The van der Waals surface area contributed by atoms with Crippen LogP contribution in [0.4, 0.5) is 0 Å². The highest BCUT2D eigenvalue weighted by Crippen LogP contribution is 2.21. The van der Waals surface area contributed by atoms with Crippen LogP contribution < -0.4 is 10.5 Å². The maximum Gasteiger partial charge on any atom is 0.123 e. The lowest BCUT2D eigenvalue weighted by atomic mass is 10.1. The molecule has 0 amide bonds. The first-order valence-electron chi connectivity index (χ1n) is 6.23. The first kappa shape index (κ1) is 12.4. The van der Waals surface area contributed by atoms with Gasteiger partial charge in [-0.2, -0.15) is 0 Å². The number of rotatable bonds is 4. The summed E-state index contributed by atoms with van der Waals surface area (Å²) in [7, 11) is 1.70. The SMILES string of the molecule is COc1cc(CN2CC[CH]CC2)ccc1CN. The third kappa shape index (κ3) is 3.20. The van der Waals surface area contributed by atoms with Crippen molar-refractivity contribution in [1.29, 1.82) is 0 Å². The van der Waals surface area contributed by atoms with Crippen LogP contribution in [0.3, 0.4) is 0 Å². The second-order valence-corrected chi connectivity index (χ2v) is 4.49. The van der Waals surface area contributed by atoms with Crippen molar-refractivity contribution in [3.63, 3.8) is 0 Å². The third-order valence-corrected chi connectivity index (χ3v) is 3.28. The quantitative estimate of drug-likeness (QED) is 0.864. The minimum absolute atomic E-state index is 0.530. The molecule has 1 radical (unpaired) electrons. The van der Waals surface area contributed by atoms with Gasteiger partial charge in [0, 0.05) is 18.7 Å². The molecule has 1 aliphatic heterocycles. The van der Waals surface area contributed by atoms with E-state index < -0.39 is 0 Å². The summed E-state index contributed by atoms with van der Waals surface area (Å²) in [6, 6.07) is 6.34. The zero-order chi connectivity index (χ0) is 12.1. The Labute approximate surface area is 104 Å². The van der Waals surface area contributed by atoms with E-state index in [9.17, 15) is 0 Å². The van der Waals surface area contributed by atoms with Crippen molar-refractivity contribution < 1.29 is 4.74 Å². The fourth-order valence-corrected chi connectivity index (χ4v) is 2.28. The number of piperidine rings is 1. The molecule has 2 N–H and O–H groups in total. The normalized spacial score (nSPS) is 17.1. The van der Waals surface area contributed by atoms with E-state index in [1.165, 1.54) is 31.5 Å². The fraction of sp³-hybridized carbons (Fsp3) is 0.500. The number of ether oxygens (including phenoxy) is 1. The van der Waals surface area contributed by atoms with E-state index in [-0.39, 0.29) is 0 Å². The highest BCUT2D eigenvalue weighted by Gasteiger charge is 2.11. The predicted molar refractivity (Wildman–Crippen MR) is 69.7 cm³/mol. The molecule has 1 aromatic carbocycles. The Morgan fingerprint density at radius 3 is 2.71 bits per heavy atom. The number of hydrogen-bond acceptors (Lipinski definition) is 3. The molecule has 0 spiro atoms. The van der Waals surface area contributed by atoms with Gasteiger partial charge < -0.3 is 10.5 Å². The molecule has 0 bridgehead atoms. The van der Waals surface area contributed by atoms with Crippen LogP contribution in [0.1, 0.15) is 24.0 Å². The van der Waals surface area contributed by atoms with Crippen LogP contribution in [0.5, 0.6) is 5.75 Å². The van der Waals surface area contributed by atoms with E-state index in [1.807, 2.05) is 0 Å². The first-order valence-corrected chi connectivity index (χ1v) is 6.23. The second-order valence-electron chi connectivity index (χ2n) is 4.49. The molecule has 1 heterocycles. The minimum atomic E-state index is 0.530. The second kappa shape index (κ2) is 6.03. The van der Waals surface area contributed by atoms with Crippen LogP contribution in [-0.4, -0.2) is 25.1 Å². The summed E-state index contributed by atoms with van der Waals surface area (Å²) in [4.78, 5) is 2.48. The van der Waals surface area contributed by atoms with Gasteiger partial charge in [0.25, 0.3) is 0 Å². The van der Waals surface area contributed by atoms with E-state index in [4.69, 9.17) is 10.5 Å². The van der Waals surface area contributed by atoms with Crippen molar-refractivity contribution in [3.8, 4) is 5.75 Å². The number of benzene rings is 1. The van der Waals surface area contributed by atoms with E-state index in [0.29, 0.717) is 6.54 Å². The Morgan fingerprint density at radius 1 is 1.29 bits per heavy atom. The summed E-state index contributed by atoms with van der Waals surface area (Å²) >= 11 is 0. The molecule has 1 saturated heterocycles. The molecule has 17 heavy (non-hydrogen) atoms. The number of methoxy groups -OCH3 is 1. The number of hydrogen-bond donors (Lipinski definition) is 1. The average Bonchev–Trinajstić information content (AvgIpc) is 2.40. The molecule has 1 aromatic rings. The molecule has 0 unspecified atom stereocenters. The van der Waals surface area contributed by atoms with Crippen molar-refractivity contribution in [2.45, 2.75) is 25.9 Å². The van der Waals surface area contributed by atoms with Crippen LogP contribution in [-0.2, 0) is 13.1 Å². The minimum Gasteiger partial charge on any atom is -0.496 e. The molecule has 0 aromatic heterocycles. The molecule has 1 fully saturated rings. The van der Waals surface area contributed by atoms with Crippen LogP contribution in [0.15, 0.2) is 18.2 Å². The van der Waals surface area contributed by atoms with Gasteiger partial charge in [-0.05, 0) is 44.0 Å². The molecule has 0 saturated carbocycles. The molecule has 3 heteroatoms. The summed E-state index contributed by atoms with van der Waals surface area (Å²) in [5, 5.41) is 0. The highest BCUT2D eigenvalue weighted by atomic mass is 16.5. The van der Waals surface area contributed by atoms with Gasteiger partial charge in [-0.1, -0.05) is 12.1 Å². The van der Waals surface area contributed by atoms with E-state index in [0.717, 1.165) is 17.9 Å². The van der Waals surface area contributed by atoms with Gasteiger partial charge in [-0.25, -0.2) is 0 Å². The van der Waals surface area contributed by atoms with Crippen molar-refractivity contribution >= 4 is 0 Å². The van der Waals surface area contributed by atoms with Gasteiger partial charge in [0.1, 0.15) is 5.75 Å². The molecule has 0 aliphatic carbocycles. The Bertz CT molecular complexity index is 359. The van der Waals surface area contributed by atoms with Gasteiger partial charge in [0.2, 0.25) is 0 Å². The van der Waals surface area contributed by atoms with Crippen LogP contribution in [0.2, 0.25) is 0 Å². The summed E-state index contributed by atoms with van der Waals surface area (Å²) in [5.74, 6) is 0.911. The molecular formula is C14H21N2O. The number of likely N-dealkylation sites (tertiary alicyclic amines) is 1. The lowest BCUT2D eigenvalue weighted by Gasteiger charge is -2.26. The number of nitrogens with zero attached hydrogens (tertiary/aromatic N) is 1. The van der Waals surface area contributed by atoms with Crippen LogP contribution in [0.25, 0.3) is 0 Å². The molecule has 3 nitrogen and oxygen atoms in total. The molecule has 93 valence electrons. The number of nitrogens with two attached hydrogens (primary N) is 1.